The van der Waals surface area contributed by atoms with Gasteiger partial charge >= 0.3 is 23.9 Å². The Bertz CT molecular complexity index is 3400. The van der Waals surface area contributed by atoms with Crippen molar-refractivity contribution in [1.82, 2.24) is 9.80 Å². The molecule has 0 amide bonds. The quantitative estimate of drug-likeness (QED) is 0.0585. The van der Waals surface area contributed by atoms with Crippen LogP contribution in [-0.2, 0) is 124 Å². The fraction of sp³-hybridized carbons (Fsp3) is 0.802. The van der Waals surface area contributed by atoms with Crippen LogP contribution in [0.25, 0.3) is 0 Å². The Morgan fingerprint density at radius 3 is 1.29 bits per heavy atom. The standard InChI is InChI=1S/C48H77NO15.C43H71NO14/c1-14-38-36(26-58-47-46(55-13)43(54-12)29(4)31(6)59-47)23-27(2)17-18-37(52)28(3)24-35-19-22-56-20-15-16-21-57-39(25-40(53)63-38)30(5)42(35)64-48-45(62-34(9)51)41(49(10)11)44(32(7)60-48)61-33(8)50;1-11-32-30(23-54-43-41(51-10)40(50-9)37(48)28(6)56-43)20-24(2)14-15-31(45)25(3)21-29-16-19-52-17-12-13-18-53-33(22-34(46)57-32)26(4)39(29)58-42-38(49)35(44(7)8)36(47)27(5)55-42/h15-18,23,28-32,35-36,38-39,41-48H,14,19-22,24-26H2,1-13H3;12-15,20,25-30,32-33,35-43,47-49H,11,16-19,21-23H2,1-10H3/b16-15+,18-17+,27-23+;13-12+,15-14+,24-20+/t28-,29-,30+,31?,32?,35+,36-,38-,39-,41?,42-,43+,44-,45?,46?,47-,48+;25-,26+,27?,28?,29+,30-,32-,33-,35?,36-,37-,38?,39-,40+,41?,42+,43-/m11/s1. The summed E-state index contributed by atoms with van der Waals surface area (Å²) < 4.78 is 124. The highest BCUT2D eigenvalue weighted by atomic mass is 16.7. The van der Waals surface area contributed by atoms with E-state index in [2.05, 4.69) is 6.92 Å². The summed E-state index contributed by atoms with van der Waals surface area (Å²) in [6.45, 7) is 29.2. The highest BCUT2D eigenvalue weighted by Crippen LogP contribution is 2.41. The minimum absolute atomic E-state index is 0.0576. The van der Waals surface area contributed by atoms with Crippen LogP contribution < -0.4 is 0 Å². The first-order valence-electron chi connectivity index (χ1n) is 43.9. The highest BCUT2D eigenvalue weighted by molar-refractivity contribution is 5.92. The zero-order chi connectivity index (χ0) is 89.9. The Morgan fingerprint density at radius 1 is 0.451 bits per heavy atom. The number of aliphatic hydroxyl groups is 3. The van der Waals surface area contributed by atoms with Crippen molar-refractivity contribution in [3.63, 3.8) is 0 Å². The predicted molar refractivity (Wildman–Crippen MR) is 449 cm³/mol. The molecule has 0 aromatic heterocycles. The molecule has 0 aliphatic carbocycles. The minimum Gasteiger partial charge on any atom is -0.462 e. The average Bonchev–Trinajstić information content (AvgIpc) is 0.584. The van der Waals surface area contributed by atoms with Crippen molar-refractivity contribution < 1.29 is 139 Å². The zero-order valence-electron chi connectivity index (χ0n) is 76.6. The average molecular weight is 1730 g/mol. The predicted octanol–water partition coefficient (Wildman–Crippen LogP) is 8.37. The summed E-state index contributed by atoms with van der Waals surface area (Å²) >= 11 is 0. The van der Waals surface area contributed by atoms with Crippen LogP contribution in [0.1, 0.15) is 155 Å². The number of esters is 4. The summed E-state index contributed by atoms with van der Waals surface area (Å²) in [6, 6.07) is -1.31. The van der Waals surface area contributed by atoms with E-state index in [0.717, 1.165) is 11.1 Å². The van der Waals surface area contributed by atoms with E-state index in [1.165, 1.54) is 28.1 Å². The van der Waals surface area contributed by atoms with E-state index in [4.69, 9.17) is 94.7 Å². The molecular weight excluding hydrogens is 1580 g/mol. The second-order valence-electron chi connectivity index (χ2n) is 34.7. The normalized spacial score (nSPS) is 42.1. The number of methoxy groups -OCH3 is 4. The van der Waals surface area contributed by atoms with Gasteiger partial charge in [-0.15, -0.1) is 0 Å². The van der Waals surface area contributed by atoms with E-state index in [1.807, 2.05) is 104 Å². The number of carbonyl (C=O) groups excluding carboxylic acids is 6. The largest absolute Gasteiger partial charge is 0.462 e. The number of cyclic esters (lactones) is 2. The molecule has 0 aromatic rings. The van der Waals surface area contributed by atoms with Crippen molar-refractivity contribution in [2.75, 3.05) is 109 Å². The SMILES string of the molecule is CC[C@H]1OC(=O)C[C@H]2OC/C=C/COCC[C@@H](C[C@@H](C)C(=O)/C=C/C(C)=C/[C@@H]1CO[C@@H]1OC(C)[C@@H](C)[C@H](OC)C1OC)[C@H](O[C@@H]1OC(C)[C@@H](OC(C)=O)C(N(C)C)C1OC(C)=O)[C@H]2C.CC[C@H]1OC(=O)C[C@H]2OC/C=C/COCC[C@@H](C[C@@H](C)C(=O)/C=C/C(C)=C/[C@@H]1CO[C@@H]1OC(C)[C@@H](O)[C@H](OC)C1OC)[C@H](O[C@@H]1OC(C)[C@@H](O)C(N(C)C)C1O)[C@H]2C. The van der Waals surface area contributed by atoms with Crippen LogP contribution in [0.5, 0.6) is 0 Å². The molecule has 0 aromatic carbocycles. The second kappa shape index (κ2) is 51.1. The van der Waals surface area contributed by atoms with E-state index < -0.39 is 200 Å². The third-order valence-electron chi connectivity index (χ3n) is 25.2. The third kappa shape index (κ3) is 29.4. The molecule has 696 valence electrons. The van der Waals surface area contributed by atoms with Crippen molar-refractivity contribution in [2.24, 2.45) is 53.3 Å². The van der Waals surface area contributed by atoms with Crippen LogP contribution in [0, 0.1) is 53.3 Å². The maximum atomic E-state index is 14.3. The third-order valence-corrected chi connectivity index (χ3v) is 25.2. The van der Waals surface area contributed by atoms with Gasteiger partial charge in [-0.1, -0.05) is 108 Å². The number of aliphatic hydroxyl groups excluding tert-OH is 3. The molecule has 31 nitrogen and oxygen atoms in total. The van der Waals surface area contributed by atoms with Crippen molar-refractivity contribution in [2.45, 2.75) is 308 Å². The number of nitrogens with zero attached hydrogens (tertiary/aromatic N) is 2. The van der Waals surface area contributed by atoms with Gasteiger partial charge in [-0.05, 0) is 132 Å². The molecule has 4 saturated heterocycles. The number of hydrogen-bond acceptors (Lipinski definition) is 31. The van der Waals surface area contributed by atoms with Crippen molar-refractivity contribution in [3.8, 4) is 0 Å². The first-order valence-corrected chi connectivity index (χ1v) is 43.9. The van der Waals surface area contributed by atoms with Gasteiger partial charge in [0.25, 0.3) is 0 Å². The Hall–Kier alpha value is -5.18. The van der Waals surface area contributed by atoms with Gasteiger partial charge in [0.05, 0.1) is 126 Å². The molecule has 3 N–H and O–H groups in total. The maximum Gasteiger partial charge on any atom is 0.308 e. The van der Waals surface area contributed by atoms with Crippen molar-refractivity contribution in [3.05, 3.63) is 71.9 Å². The number of ketones is 2. The Morgan fingerprint density at radius 2 is 0.852 bits per heavy atom. The van der Waals surface area contributed by atoms with E-state index in [9.17, 15) is 44.1 Å². The number of likely N-dealkylation sites (N-methyl/N-ethyl adjacent to an activating group) is 2. The highest BCUT2D eigenvalue weighted by Gasteiger charge is 2.54. The molecule has 4 fully saturated rings. The van der Waals surface area contributed by atoms with Gasteiger partial charge in [-0.3, -0.25) is 33.7 Å². The molecule has 0 spiro atoms. The van der Waals surface area contributed by atoms with Gasteiger partial charge in [-0.2, -0.15) is 0 Å². The Balaban J connectivity index is 0.000000337. The van der Waals surface area contributed by atoms with E-state index in [0.29, 0.717) is 65.0 Å². The molecular formula is C91H148N2O29. The van der Waals surface area contributed by atoms with Crippen molar-refractivity contribution in [1.29, 1.82) is 0 Å². The zero-order valence-corrected chi connectivity index (χ0v) is 76.6. The number of ether oxygens (including phenoxy) is 20. The van der Waals surface area contributed by atoms with Gasteiger partial charge in [0.15, 0.2) is 42.8 Å². The lowest BCUT2D eigenvalue weighted by molar-refractivity contribution is -0.308. The molecule has 8 rings (SSSR count). The summed E-state index contributed by atoms with van der Waals surface area (Å²) in [5, 5.41) is 33.2. The fourth-order valence-electron chi connectivity index (χ4n) is 18.0. The smallest absolute Gasteiger partial charge is 0.308 e. The van der Waals surface area contributed by atoms with Crippen LogP contribution in [0.15, 0.2) is 71.9 Å². The first-order chi connectivity index (χ1) is 58.0. The summed E-state index contributed by atoms with van der Waals surface area (Å²) in [5.41, 5.74) is 1.56. The second-order valence-corrected chi connectivity index (χ2v) is 34.7. The van der Waals surface area contributed by atoms with Gasteiger partial charge in [-0.25, -0.2) is 0 Å². The molecule has 122 heavy (non-hydrogen) atoms. The Kier molecular flexibility index (Phi) is 43.5. The van der Waals surface area contributed by atoms with Crippen molar-refractivity contribution >= 4 is 35.4 Å². The van der Waals surface area contributed by atoms with Crippen LogP contribution in [0.4, 0.5) is 0 Å². The molecule has 0 radical (unpaired) electrons. The Labute approximate surface area is 724 Å². The van der Waals surface area contributed by atoms with Gasteiger partial charge < -0.3 is 115 Å². The monoisotopic (exact) mass is 1730 g/mol. The number of allylic oxidation sites excluding steroid dienone is 6. The van der Waals surface area contributed by atoms with Gasteiger partial charge in [0, 0.05) is 96.9 Å². The van der Waals surface area contributed by atoms with E-state index in [1.54, 1.807) is 92.4 Å². The van der Waals surface area contributed by atoms with Gasteiger partial charge in [0.1, 0.15) is 48.8 Å². The molecule has 4 bridgehead atoms. The van der Waals surface area contributed by atoms with Crippen LogP contribution in [0.3, 0.4) is 0 Å². The summed E-state index contributed by atoms with van der Waals surface area (Å²) in [5.74, 6) is -5.47. The number of hydrogen-bond donors (Lipinski definition) is 3. The topological polar surface area (TPSA) is 354 Å². The summed E-state index contributed by atoms with van der Waals surface area (Å²) in [7, 11) is 13.4. The lowest BCUT2D eigenvalue weighted by Crippen LogP contribution is -2.65. The molecule has 8 aliphatic heterocycles. The molecule has 31 heteroatoms. The molecule has 0 saturated carbocycles. The number of carbonyl (C=O) groups is 6. The lowest BCUT2D eigenvalue weighted by atomic mass is 9.79. The minimum atomic E-state index is -1.20. The van der Waals surface area contributed by atoms with Gasteiger partial charge in [0.2, 0.25) is 0 Å². The molecule has 8 heterocycles. The van der Waals surface area contributed by atoms with E-state index >= 15 is 0 Å². The summed E-state index contributed by atoms with van der Waals surface area (Å²) in [4.78, 5) is 84.8. The first kappa shape index (κ1) is 104. The number of fused-ring (bicyclic) bond motifs is 6. The molecule has 10 unspecified atom stereocenters. The summed E-state index contributed by atoms with van der Waals surface area (Å²) in [6.07, 6.45) is 3.45. The lowest BCUT2D eigenvalue weighted by Gasteiger charge is -2.48. The maximum absolute atomic E-state index is 14.3. The molecule has 34 atom stereocenters. The molecule has 8 aliphatic rings. The van der Waals surface area contributed by atoms with E-state index in [-0.39, 0.29) is 80.8 Å². The number of rotatable bonds is 20. The van der Waals surface area contributed by atoms with Crippen LogP contribution >= 0.6 is 0 Å². The van der Waals surface area contributed by atoms with Crippen LogP contribution in [-0.4, -0.2) is 323 Å². The van der Waals surface area contributed by atoms with Crippen LogP contribution in [0.2, 0.25) is 0 Å². The fourth-order valence-corrected chi connectivity index (χ4v) is 18.0.